The third-order valence-electron chi connectivity index (χ3n) is 7.01. The van der Waals surface area contributed by atoms with Crippen molar-refractivity contribution in [2.75, 3.05) is 18.1 Å². The lowest BCUT2D eigenvalue weighted by molar-refractivity contribution is -0.121. The molecule has 37 heavy (non-hydrogen) atoms. The van der Waals surface area contributed by atoms with Gasteiger partial charge in [-0.3, -0.25) is 9.59 Å². The largest absolute Gasteiger partial charge is 0.482 e. The summed E-state index contributed by atoms with van der Waals surface area (Å²) in [5.41, 5.74) is 5.19. The molecule has 1 aliphatic rings. The number of hydrogen-bond acceptors (Lipinski definition) is 4. The Bertz CT molecular complexity index is 1480. The zero-order valence-corrected chi connectivity index (χ0v) is 22.1. The minimum atomic E-state index is -0.512. The van der Waals surface area contributed by atoms with Gasteiger partial charge in [-0.1, -0.05) is 64.1 Å². The van der Waals surface area contributed by atoms with E-state index in [9.17, 15) is 9.59 Å². The molecule has 0 fully saturated rings. The number of Topliss-reactive ketones (excluding diaryl/α,β-unsaturated/α-hetero) is 1. The van der Waals surface area contributed by atoms with Crippen molar-refractivity contribution in [3.8, 4) is 17.1 Å². The van der Waals surface area contributed by atoms with Gasteiger partial charge >= 0.3 is 0 Å². The Morgan fingerprint density at radius 3 is 2.49 bits per heavy atom. The Morgan fingerprint density at radius 1 is 1.05 bits per heavy atom. The number of nitrogens with zero attached hydrogens (tertiary/aromatic N) is 3. The molecule has 1 atom stereocenters. The third kappa shape index (κ3) is 4.52. The van der Waals surface area contributed by atoms with E-state index in [4.69, 9.17) is 9.72 Å². The Balaban J connectivity index is 1.57. The first-order chi connectivity index (χ1) is 17.7. The van der Waals surface area contributed by atoms with Crippen molar-refractivity contribution in [3.05, 3.63) is 77.9 Å². The van der Waals surface area contributed by atoms with E-state index in [1.165, 1.54) is 5.56 Å². The summed E-state index contributed by atoms with van der Waals surface area (Å²) in [6, 6.07) is 21.2. The Morgan fingerprint density at radius 2 is 1.78 bits per heavy atom. The molecule has 3 aromatic carbocycles. The molecule has 190 valence electrons. The maximum Gasteiger partial charge on any atom is 0.265 e. The molecular weight excluding hydrogens is 462 g/mol. The van der Waals surface area contributed by atoms with Crippen LogP contribution in [0, 0.1) is 0 Å². The fourth-order valence-electron chi connectivity index (χ4n) is 4.94. The molecule has 0 aliphatic carbocycles. The second kappa shape index (κ2) is 9.51. The lowest BCUT2D eigenvalue weighted by Crippen LogP contribution is -2.39. The number of benzene rings is 3. The van der Waals surface area contributed by atoms with Gasteiger partial charge in [0.1, 0.15) is 11.6 Å². The number of imidazole rings is 1. The lowest BCUT2D eigenvalue weighted by atomic mass is 9.86. The highest BCUT2D eigenvalue weighted by Crippen LogP contribution is 2.36. The van der Waals surface area contributed by atoms with Gasteiger partial charge in [0.15, 0.2) is 12.4 Å². The van der Waals surface area contributed by atoms with Gasteiger partial charge in [0.2, 0.25) is 0 Å². The third-order valence-corrected chi connectivity index (χ3v) is 7.01. The van der Waals surface area contributed by atoms with Gasteiger partial charge in [0.25, 0.3) is 5.91 Å². The van der Waals surface area contributed by atoms with Gasteiger partial charge in [-0.2, -0.15) is 0 Å². The molecule has 0 saturated carbocycles. The molecule has 6 heteroatoms. The van der Waals surface area contributed by atoms with Crippen molar-refractivity contribution in [2.45, 2.75) is 52.5 Å². The van der Waals surface area contributed by atoms with Crippen LogP contribution in [0.5, 0.6) is 5.75 Å². The predicted octanol–water partition coefficient (Wildman–Crippen LogP) is 6.58. The van der Waals surface area contributed by atoms with E-state index in [1.54, 1.807) is 23.1 Å². The van der Waals surface area contributed by atoms with Crippen LogP contribution in [-0.4, -0.2) is 34.4 Å². The highest BCUT2D eigenvalue weighted by molar-refractivity contribution is 6.04. The first-order valence-electron chi connectivity index (χ1n) is 12.9. The minimum Gasteiger partial charge on any atom is -0.482 e. The zero-order chi connectivity index (χ0) is 26.3. The molecule has 2 heterocycles. The first kappa shape index (κ1) is 24.8. The van der Waals surface area contributed by atoms with Crippen molar-refractivity contribution in [1.82, 2.24) is 9.55 Å². The number of para-hydroxylation sites is 2. The fraction of sp³-hybridized carbons (Fsp3) is 0.323. The normalized spacial score (nSPS) is 14.4. The quantitative estimate of drug-likeness (QED) is 0.284. The number of rotatable bonds is 6. The molecule has 1 aromatic heterocycles. The van der Waals surface area contributed by atoms with E-state index < -0.39 is 6.04 Å². The van der Waals surface area contributed by atoms with Crippen LogP contribution in [0.2, 0.25) is 0 Å². The van der Waals surface area contributed by atoms with Gasteiger partial charge in [0.05, 0.1) is 22.8 Å². The number of aromatic nitrogens is 2. The van der Waals surface area contributed by atoms with E-state index in [-0.39, 0.29) is 23.7 Å². The molecule has 0 saturated heterocycles. The van der Waals surface area contributed by atoms with Crippen LogP contribution in [-0.2, 0) is 10.2 Å². The van der Waals surface area contributed by atoms with Gasteiger partial charge < -0.3 is 14.2 Å². The van der Waals surface area contributed by atoms with E-state index >= 15 is 0 Å². The summed E-state index contributed by atoms with van der Waals surface area (Å²) in [5.74, 6) is 1.25. The number of hydrogen-bond donors (Lipinski definition) is 0. The highest BCUT2D eigenvalue weighted by atomic mass is 16.5. The maximum absolute atomic E-state index is 13.9. The maximum atomic E-state index is 13.9. The number of ether oxygens (including phenoxy) is 1. The summed E-state index contributed by atoms with van der Waals surface area (Å²) in [4.78, 5) is 33.0. The molecule has 6 nitrogen and oxygen atoms in total. The van der Waals surface area contributed by atoms with Crippen LogP contribution >= 0.6 is 0 Å². The molecule has 0 bridgehead atoms. The van der Waals surface area contributed by atoms with Crippen LogP contribution in [0.1, 0.15) is 63.0 Å². The van der Waals surface area contributed by atoms with Crippen LogP contribution in [0.4, 0.5) is 5.69 Å². The number of carbonyl (C=O) groups excluding carboxylic acids is 2. The standard InChI is InChI=1S/C31H33N3O3/c1-6-17-33-26-18-22(13-16-27(26)37-19-28(33)35)29(36)20(2)34-25-10-8-7-9-24(25)32-30(34)21-11-14-23(15-12-21)31(3,4)5/h7-16,18,20H,6,17,19H2,1-5H3. The summed E-state index contributed by atoms with van der Waals surface area (Å²) in [6.07, 6.45) is 0.818. The van der Waals surface area contributed by atoms with Crippen LogP contribution < -0.4 is 9.64 Å². The molecule has 1 aliphatic heterocycles. The van der Waals surface area contributed by atoms with Crippen molar-refractivity contribution in [1.29, 1.82) is 0 Å². The Kier molecular flexibility index (Phi) is 6.36. The van der Waals surface area contributed by atoms with Gasteiger partial charge in [-0.15, -0.1) is 0 Å². The average molecular weight is 496 g/mol. The molecule has 5 rings (SSSR count). The van der Waals surface area contributed by atoms with Gasteiger partial charge in [0, 0.05) is 17.7 Å². The van der Waals surface area contributed by atoms with Crippen molar-refractivity contribution in [3.63, 3.8) is 0 Å². The van der Waals surface area contributed by atoms with Gasteiger partial charge in [-0.05, 0) is 54.7 Å². The van der Waals surface area contributed by atoms with Crippen molar-refractivity contribution in [2.24, 2.45) is 0 Å². The molecule has 1 unspecified atom stereocenters. The van der Waals surface area contributed by atoms with E-state index in [0.717, 1.165) is 28.8 Å². The Labute approximate surface area is 217 Å². The van der Waals surface area contributed by atoms with E-state index in [2.05, 4.69) is 45.0 Å². The monoisotopic (exact) mass is 495 g/mol. The summed E-state index contributed by atoms with van der Waals surface area (Å²) in [5, 5.41) is 0. The van der Waals surface area contributed by atoms with Crippen LogP contribution in [0.15, 0.2) is 66.7 Å². The zero-order valence-electron chi connectivity index (χ0n) is 22.1. The molecule has 0 spiro atoms. The molecule has 0 radical (unpaired) electrons. The van der Waals surface area contributed by atoms with E-state index in [0.29, 0.717) is 23.5 Å². The number of ketones is 1. The van der Waals surface area contributed by atoms with E-state index in [1.807, 2.05) is 42.7 Å². The molecule has 4 aromatic rings. The number of anilines is 1. The average Bonchev–Trinajstić information content (AvgIpc) is 3.28. The number of amides is 1. The predicted molar refractivity (Wildman–Crippen MR) is 147 cm³/mol. The summed E-state index contributed by atoms with van der Waals surface area (Å²) in [7, 11) is 0. The highest BCUT2D eigenvalue weighted by Gasteiger charge is 2.28. The smallest absolute Gasteiger partial charge is 0.265 e. The molecule has 1 amide bonds. The SMILES string of the molecule is CCCN1C(=O)COc2ccc(C(=O)C(C)n3c(-c4ccc(C(C)(C)C)cc4)nc4ccccc43)cc21. The molecule has 0 N–H and O–H groups in total. The fourth-order valence-corrected chi connectivity index (χ4v) is 4.94. The van der Waals surface area contributed by atoms with Crippen molar-refractivity contribution < 1.29 is 14.3 Å². The number of carbonyl (C=O) groups is 2. The Hall–Kier alpha value is -3.93. The molecular formula is C31H33N3O3. The summed E-state index contributed by atoms with van der Waals surface area (Å²) >= 11 is 0. The van der Waals surface area contributed by atoms with Crippen molar-refractivity contribution >= 4 is 28.4 Å². The topological polar surface area (TPSA) is 64.4 Å². The second-order valence-corrected chi connectivity index (χ2v) is 10.7. The minimum absolute atomic E-state index is 0.0229. The summed E-state index contributed by atoms with van der Waals surface area (Å²) in [6.45, 7) is 11.1. The first-order valence-corrected chi connectivity index (χ1v) is 12.9. The van der Waals surface area contributed by atoms with Crippen LogP contribution in [0.25, 0.3) is 22.4 Å². The lowest BCUT2D eigenvalue weighted by Gasteiger charge is -2.29. The summed E-state index contributed by atoms with van der Waals surface area (Å²) < 4.78 is 7.65. The van der Waals surface area contributed by atoms with Crippen LogP contribution in [0.3, 0.4) is 0 Å². The van der Waals surface area contributed by atoms with Gasteiger partial charge in [-0.25, -0.2) is 4.98 Å². The number of fused-ring (bicyclic) bond motifs is 2. The second-order valence-electron chi connectivity index (χ2n) is 10.7.